The number of amides is 1. The molecule has 5 rings (SSSR count). The van der Waals surface area contributed by atoms with Crippen LogP contribution in [0.15, 0.2) is 88.1 Å². The minimum absolute atomic E-state index is 0.193. The van der Waals surface area contributed by atoms with Gasteiger partial charge in [0.05, 0.1) is 5.56 Å². The number of fused-ring (bicyclic) bond motifs is 1. The first-order valence-electron chi connectivity index (χ1n) is 11.6. The van der Waals surface area contributed by atoms with Crippen LogP contribution in [0.4, 0.5) is 11.4 Å². The summed E-state index contributed by atoms with van der Waals surface area (Å²) in [6.45, 7) is 7.47. The number of rotatable bonds is 5. The Morgan fingerprint density at radius 2 is 1.62 bits per heavy atom. The quantitative estimate of drug-likeness (QED) is 0.438. The second kappa shape index (κ2) is 9.53. The molecule has 0 unspecified atom stereocenters. The molecule has 1 fully saturated rings. The minimum Gasteiger partial charge on any atom is -0.422 e. The Hall–Kier alpha value is -3.90. The maximum Gasteiger partial charge on any atom is 0.344 e. The standard InChI is InChI=1S/C28H27N3O3/c1-2-30-15-17-31(18-16-30)24-13-11-23(12-14-24)29-27(32)21-9-7-20(8-10-21)25-19-22-5-3-4-6-26(22)34-28(25)33/h3-14,19H,2,15-18H2,1H3,(H,29,32). The van der Waals surface area contributed by atoms with Gasteiger partial charge in [0.15, 0.2) is 0 Å². The fourth-order valence-corrected chi connectivity index (χ4v) is 4.35. The van der Waals surface area contributed by atoms with Crippen molar-refractivity contribution in [3.05, 3.63) is 94.8 Å². The molecule has 0 radical (unpaired) electrons. The van der Waals surface area contributed by atoms with Crippen LogP contribution in [-0.2, 0) is 0 Å². The molecular formula is C28H27N3O3. The van der Waals surface area contributed by atoms with E-state index in [0.717, 1.165) is 43.8 Å². The molecule has 1 amide bonds. The van der Waals surface area contributed by atoms with E-state index in [1.807, 2.05) is 36.4 Å². The number of para-hydroxylation sites is 1. The third kappa shape index (κ3) is 4.58. The fraction of sp³-hybridized carbons (Fsp3) is 0.214. The van der Waals surface area contributed by atoms with Crippen molar-refractivity contribution in [2.75, 3.05) is 42.9 Å². The number of nitrogens with zero attached hydrogens (tertiary/aromatic N) is 2. The molecule has 0 aliphatic carbocycles. The van der Waals surface area contributed by atoms with Gasteiger partial charge in [-0.15, -0.1) is 0 Å². The normalized spacial score (nSPS) is 14.3. The lowest BCUT2D eigenvalue weighted by Gasteiger charge is -2.35. The van der Waals surface area contributed by atoms with E-state index in [1.165, 1.54) is 5.69 Å². The first-order chi connectivity index (χ1) is 16.6. The summed E-state index contributed by atoms with van der Waals surface area (Å²) in [5.74, 6) is -0.193. The molecule has 1 aromatic heterocycles. The van der Waals surface area contributed by atoms with Crippen LogP contribution >= 0.6 is 0 Å². The Morgan fingerprint density at radius 1 is 0.912 bits per heavy atom. The molecule has 0 atom stereocenters. The lowest BCUT2D eigenvalue weighted by molar-refractivity contribution is 0.102. The number of carbonyl (C=O) groups is 1. The summed E-state index contributed by atoms with van der Waals surface area (Å²) >= 11 is 0. The van der Waals surface area contributed by atoms with Crippen LogP contribution in [0.5, 0.6) is 0 Å². The molecule has 1 saturated heterocycles. The summed E-state index contributed by atoms with van der Waals surface area (Å²) in [7, 11) is 0. The van der Waals surface area contributed by atoms with Crippen molar-refractivity contribution >= 4 is 28.3 Å². The molecule has 6 heteroatoms. The number of piperazine rings is 1. The molecule has 3 aromatic carbocycles. The average molecular weight is 454 g/mol. The Bertz CT molecular complexity index is 1350. The topological polar surface area (TPSA) is 65.8 Å². The molecule has 1 N–H and O–H groups in total. The summed E-state index contributed by atoms with van der Waals surface area (Å²) in [5, 5.41) is 3.81. The molecule has 172 valence electrons. The summed E-state index contributed by atoms with van der Waals surface area (Å²) in [6.07, 6.45) is 0. The first-order valence-corrected chi connectivity index (χ1v) is 11.6. The predicted octanol–water partition coefficient (Wildman–Crippen LogP) is 4.85. The highest BCUT2D eigenvalue weighted by molar-refractivity contribution is 6.04. The van der Waals surface area contributed by atoms with E-state index in [9.17, 15) is 9.59 Å². The van der Waals surface area contributed by atoms with Gasteiger partial charge >= 0.3 is 5.63 Å². The maximum atomic E-state index is 12.8. The molecule has 6 nitrogen and oxygen atoms in total. The molecule has 1 aliphatic heterocycles. The monoisotopic (exact) mass is 453 g/mol. The van der Waals surface area contributed by atoms with E-state index in [0.29, 0.717) is 22.3 Å². The molecule has 0 bridgehead atoms. The predicted molar refractivity (Wildman–Crippen MR) is 137 cm³/mol. The molecule has 0 saturated carbocycles. The summed E-state index contributed by atoms with van der Waals surface area (Å²) in [5.41, 5.74) is 3.79. The van der Waals surface area contributed by atoms with E-state index in [2.05, 4.69) is 34.2 Å². The van der Waals surface area contributed by atoms with Crippen molar-refractivity contribution in [1.29, 1.82) is 0 Å². The molecular weight excluding hydrogens is 426 g/mol. The van der Waals surface area contributed by atoms with Gasteiger partial charge in [0.1, 0.15) is 5.58 Å². The highest BCUT2D eigenvalue weighted by Gasteiger charge is 2.16. The Morgan fingerprint density at radius 3 is 2.32 bits per heavy atom. The molecule has 1 aliphatic rings. The van der Waals surface area contributed by atoms with Gasteiger partial charge < -0.3 is 19.5 Å². The van der Waals surface area contributed by atoms with Crippen molar-refractivity contribution in [3.63, 3.8) is 0 Å². The van der Waals surface area contributed by atoms with Gasteiger partial charge in [0.2, 0.25) is 0 Å². The van der Waals surface area contributed by atoms with E-state index in [-0.39, 0.29) is 5.91 Å². The number of anilines is 2. The largest absolute Gasteiger partial charge is 0.422 e. The number of benzene rings is 3. The second-order valence-electron chi connectivity index (χ2n) is 8.49. The number of likely N-dealkylation sites (N-methyl/N-ethyl adjacent to an activating group) is 1. The minimum atomic E-state index is -0.396. The number of nitrogens with one attached hydrogen (secondary N) is 1. The smallest absolute Gasteiger partial charge is 0.344 e. The number of carbonyl (C=O) groups excluding carboxylic acids is 1. The highest BCUT2D eigenvalue weighted by Crippen LogP contribution is 2.23. The van der Waals surface area contributed by atoms with Crippen molar-refractivity contribution in [1.82, 2.24) is 4.90 Å². The van der Waals surface area contributed by atoms with Gasteiger partial charge in [-0.05, 0) is 60.6 Å². The van der Waals surface area contributed by atoms with Crippen LogP contribution < -0.4 is 15.8 Å². The Kier molecular flexibility index (Phi) is 6.14. The van der Waals surface area contributed by atoms with Crippen LogP contribution in [0.1, 0.15) is 17.3 Å². The van der Waals surface area contributed by atoms with Crippen LogP contribution in [-0.4, -0.2) is 43.5 Å². The van der Waals surface area contributed by atoms with E-state index < -0.39 is 5.63 Å². The van der Waals surface area contributed by atoms with Crippen molar-refractivity contribution in [2.45, 2.75) is 6.92 Å². The molecule has 4 aromatic rings. The number of hydrogen-bond donors (Lipinski definition) is 1. The van der Waals surface area contributed by atoms with Gasteiger partial charge in [-0.1, -0.05) is 37.3 Å². The SMILES string of the molecule is CCN1CCN(c2ccc(NC(=O)c3ccc(-c4cc5ccccc5oc4=O)cc3)cc2)CC1. The summed E-state index contributed by atoms with van der Waals surface area (Å²) in [6, 6.07) is 24.2. The van der Waals surface area contributed by atoms with Crippen molar-refractivity contribution < 1.29 is 9.21 Å². The van der Waals surface area contributed by atoms with Gasteiger partial charge in [-0.25, -0.2) is 4.79 Å². The molecule has 2 heterocycles. The molecule has 0 spiro atoms. The lowest BCUT2D eigenvalue weighted by Crippen LogP contribution is -2.46. The fourth-order valence-electron chi connectivity index (χ4n) is 4.35. The first kappa shape index (κ1) is 21.9. The van der Waals surface area contributed by atoms with Gasteiger partial charge in [0.25, 0.3) is 5.91 Å². The highest BCUT2D eigenvalue weighted by atomic mass is 16.4. The van der Waals surface area contributed by atoms with E-state index >= 15 is 0 Å². The lowest BCUT2D eigenvalue weighted by atomic mass is 10.0. The zero-order valence-electron chi connectivity index (χ0n) is 19.2. The van der Waals surface area contributed by atoms with Gasteiger partial charge in [-0.3, -0.25) is 4.79 Å². The van der Waals surface area contributed by atoms with Crippen LogP contribution in [0.3, 0.4) is 0 Å². The van der Waals surface area contributed by atoms with E-state index in [4.69, 9.17) is 4.42 Å². The number of hydrogen-bond acceptors (Lipinski definition) is 5. The van der Waals surface area contributed by atoms with E-state index in [1.54, 1.807) is 30.3 Å². The van der Waals surface area contributed by atoms with Crippen molar-refractivity contribution in [2.24, 2.45) is 0 Å². The Labute approximate surface area is 198 Å². The Balaban J connectivity index is 1.26. The summed E-state index contributed by atoms with van der Waals surface area (Å²) < 4.78 is 5.43. The van der Waals surface area contributed by atoms with Crippen molar-refractivity contribution in [3.8, 4) is 11.1 Å². The van der Waals surface area contributed by atoms with Gasteiger partial charge in [-0.2, -0.15) is 0 Å². The third-order valence-corrected chi connectivity index (χ3v) is 6.41. The van der Waals surface area contributed by atoms with Gasteiger partial charge in [0, 0.05) is 48.5 Å². The second-order valence-corrected chi connectivity index (χ2v) is 8.49. The zero-order valence-corrected chi connectivity index (χ0v) is 19.2. The maximum absolute atomic E-state index is 12.8. The van der Waals surface area contributed by atoms with Crippen LogP contribution in [0.25, 0.3) is 22.1 Å². The van der Waals surface area contributed by atoms with Crippen LogP contribution in [0, 0.1) is 0 Å². The summed E-state index contributed by atoms with van der Waals surface area (Å²) in [4.78, 5) is 30.0. The van der Waals surface area contributed by atoms with Crippen LogP contribution in [0.2, 0.25) is 0 Å². The third-order valence-electron chi connectivity index (χ3n) is 6.41. The zero-order chi connectivity index (χ0) is 23.5. The molecule has 34 heavy (non-hydrogen) atoms. The average Bonchev–Trinajstić information content (AvgIpc) is 2.89.